The molecule has 1 unspecified atom stereocenters. The quantitative estimate of drug-likeness (QED) is 0.402. The molecule has 1 N–H and O–H groups in total. The highest BCUT2D eigenvalue weighted by Gasteiger charge is 2.41. The number of fused-ring (bicyclic) bond motifs is 1. The molecule has 0 saturated carbocycles. The molecule has 2 aromatic rings. The number of carbonyl (C=O) groups excluding carboxylic acids is 2. The first-order valence-electron chi connectivity index (χ1n) is 10.6. The standard InChI is InChI=1S/C24H24ClN3O5S/c1-15-21(23(30)33-10-9-31-2)22(16-5-3-6-17(25)11-16)28-18(14-34-24(28)27-15)12-20(29)26-13-19-7-4-8-32-19/h3-8,11,14,22H,9-10,12-13H2,1-2H3,(H,26,29). The van der Waals surface area contributed by atoms with Gasteiger partial charge in [0.2, 0.25) is 5.91 Å². The van der Waals surface area contributed by atoms with Crippen LogP contribution in [-0.2, 0) is 25.6 Å². The Balaban J connectivity index is 1.61. The maximum absolute atomic E-state index is 13.1. The molecular weight excluding hydrogens is 478 g/mol. The molecule has 1 aromatic heterocycles. The van der Waals surface area contributed by atoms with E-state index < -0.39 is 12.0 Å². The summed E-state index contributed by atoms with van der Waals surface area (Å²) in [5.41, 5.74) is 2.47. The number of carbonyl (C=O) groups is 2. The van der Waals surface area contributed by atoms with Crippen LogP contribution >= 0.6 is 23.4 Å². The van der Waals surface area contributed by atoms with Gasteiger partial charge in [0.15, 0.2) is 5.17 Å². The van der Waals surface area contributed by atoms with Crippen LogP contribution in [-0.4, -0.2) is 42.3 Å². The van der Waals surface area contributed by atoms with Crippen molar-refractivity contribution < 1.29 is 23.5 Å². The van der Waals surface area contributed by atoms with E-state index in [0.29, 0.717) is 33.8 Å². The molecule has 0 spiro atoms. The average Bonchev–Trinajstić information content (AvgIpc) is 3.47. The molecular formula is C24H24ClN3O5S. The van der Waals surface area contributed by atoms with Gasteiger partial charge >= 0.3 is 5.97 Å². The Kier molecular flexibility index (Phi) is 7.77. The van der Waals surface area contributed by atoms with E-state index in [0.717, 1.165) is 11.3 Å². The zero-order valence-electron chi connectivity index (χ0n) is 18.7. The number of halogens is 1. The van der Waals surface area contributed by atoms with Crippen molar-refractivity contribution in [2.75, 3.05) is 20.3 Å². The molecule has 4 rings (SSSR count). The van der Waals surface area contributed by atoms with Gasteiger partial charge in [-0.25, -0.2) is 9.79 Å². The van der Waals surface area contributed by atoms with Gasteiger partial charge in [-0.05, 0) is 42.2 Å². The fourth-order valence-electron chi connectivity index (χ4n) is 3.74. The number of methoxy groups -OCH3 is 1. The van der Waals surface area contributed by atoms with Gasteiger partial charge in [0.05, 0.1) is 43.1 Å². The number of esters is 1. The Bertz CT molecular complexity index is 1160. The zero-order valence-corrected chi connectivity index (χ0v) is 20.3. The van der Waals surface area contributed by atoms with Crippen LogP contribution in [0.1, 0.15) is 30.7 Å². The largest absolute Gasteiger partial charge is 0.467 e. The number of benzene rings is 1. The Morgan fingerprint density at radius 3 is 2.85 bits per heavy atom. The van der Waals surface area contributed by atoms with E-state index in [1.807, 2.05) is 28.5 Å². The van der Waals surface area contributed by atoms with Crippen LogP contribution in [0.3, 0.4) is 0 Å². The lowest BCUT2D eigenvalue weighted by molar-refractivity contribution is -0.141. The Hall–Kier alpha value is -3.01. The minimum Gasteiger partial charge on any atom is -0.467 e. The Morgan fingerprint density at radius 2 is 2.12 bits per heavy atom. The van der Waals surface area contributed by atoms with Crippen LogP contribution < -0.4 is 5.32 Å². The first-order chi connectivity index (χ1) is 16.5. The van der Waals surface area contributed by atoms with Crippen molar-refractivity contribution >= 4 is 40.4 Å². The number of furan rings is 1. The molecule has 0 aliphatic carbocycles. The predicted molar refractivity (Wildman–Crippen MR) is 130 cm³/mol. The number of nitrogens with zero attached hydrogens (tertiary/aromatic N) is 2. The topological polar surface area (TPSA) is 93.4 Å². The maximum atomic E-state index is 13.1. The lowest BCUT2D eigenvalue weighted by atomic mass is 9.94. The number of thioether (sulfide) groups is 1. The van der Waals surface area contributed by atoms with Gasteiger partial charge in [-0.1, -0.05) is 35.5 Å². The van der Waals surface area contributed by atoms with Crippen molar-refractivity contribution in [1.29, 1.82) is 0 Å². The van der Waals surface area contributed by atoms with E-state index in [4.69, 9.17) is 25.5 Å². The van der Waals surface area contributed by atoms with Crippen molar-refractivity contribution in [1.82, 2.24) is 10.2 Å². The van der Waals surface area contributed by atoms with E-state index in [1.54, 1.807) is 38.5 Å². The van der Waals surface area contributed by atoms with Gasteiger partial charge in [0.25, 0.3) is 0 Å². The predicted octanol–water partition coefficient (Wildman–Crippen LogP) is 4.40. The number of allylic oxidation sites excluding steroid dienone is 1. The number of rotatable bonds is 9. The van der Waals surface area contributed by atoms with Crippen LogP contribution in [0.25, 0.3) is 0 Å². The highest BCUT2D eigenvalue weighted by molar-refractivity contribution is 8.16. The van der Waals surface area contributed by atoms with Gasteiger partial charge in [0, 0.05) is 17.8 Å². The molecule has 1 atom stereocenters. The monoisotopic (exact) mass is 501 g/mol. The van der Waals surface area contributed by atoms with Crippen LogP contribution in [0.2, 0.25) is 5.02 Å². The molecule has 178 valence electrons. The third kappa shape index (κ3) is 5.38. The van der Waals surface area contributed by atoms with Gasteiger partial charge in [-0.3, -0.25) is 4.79 Å². The molecule has 0 radical (unpaired) electrons. The smallest absolute Gasteiger partial charge is 0.338 e. The Morgan fingerprint density at radius 1 is 1.26 bits per heavy atom. The van der Waals surface area contributed by atoms with Crippen LogP contribution in [0.15, 0.2) is 74.4 Å². The lowest BCUT2D eigenvalue weighted by Gasteiger charge is -2.36. The molecule has 1 amide bonds. The minimum absolute atomic E-state index is 0.106. The highest BCUT2D eigenvalue weighted by Crippen LogP contribution is 2.45. The van der Waals surface area contributed by atoms with Crippen LogP contribution in [0.4, 0.5) is 0 Å². The summed E-state index contributed by atoms with van der Waals surface area (Å²) in [5, 5.41) is 5.97. The number of aliphatic imine (C=N–C) groups is 1. The second kappa shape index (κ2) is 10.9. The fourth-order valence-corrected chi connectivity index (χ4v) is 4.91. The molecule has 2 aliphatic heterocycles. The first-order valence-corrected chi connectivity index (χ1v) is 11.9. The second-order valence-electron chi connectivity index (χ2n) is 7.61. The van der Waals surface area contributed by atoms with E-state index >= 15 is 0 Å². The number of ether oxygens (including phenoxy) is 2. The van der Waals surface area contributed by atoms with Crippen LogP contribution in [0, 0.1) is 0 Å². The lowest BCUT2D eigenvalue weighted by Crippen LogP contribution is -2.38. The second-order valence-corrected chi connectivity index (χ2v) is 8.88. The van der Waals surface area contributed by atoms with Crippen molar-refractivity contribution in [3.8, 4) is 0 Å². The summed E-state index contributed by atoms with van der Waals surface area (Å²) in [5.74, 6) is 0.00508. The number of amidine groups is 1. The summed E-state index contributed by atoms with van der Waals surface area (Å²) in [6.45, 7) is 2.48. The average molecular weight is 502 g/mol. The molecule has 2 aliphatic rings. The highest BCUT2D eigenvalue weighted by atomic mass is 35.5. The molecule has 34 heavy (non-hydrogen) atoms. The van der Waals surface area contributed by atoms with Gasteiger partial charge < -0.3 is 24.1 Å². The molecule has 3 heterocycles. The SMILES string of the molecule is COCCOC(=O)C1=C(C)N=C2SC=C(CC(=O)NCc3ccco3)N2C1c1cccc(Cl)c1. The summed E-state index contributed by atoms with van der Waals surface area (Å²) < 4.78 is 15.7. The summed E-state index contributed by atoms with van der Waals surface area (Å²) in [7, 11) is 1.54. The van der Waals surface area contributed by atoms with Gasteiger partial charge in [-0.15, -0.1) is 0 Å². The number of hydrogen-bond acceptors (Lipinski definition) is 8. The maximum Gasteiger partial charge on any atom is 0.338 e. The number of hydrogen-bond donors (Lipinski definition) is 1. The summed E-state index contributed by atoms with van der Waals surface area (Å²) >= 11 is 7.70. The third-order valence-electron chi connectivity index (χ3n) is 5.29. The fraction of sp³-hybridized carbons (Fsp3) is 0.292. The summed E-state index contributed by atoms with van der Waals surface area (Å²) in [6.07, 6.45) is 1.67. The summed E-state index contributed by atoms with van der Waals surface area (Å²) in [6, 6.07) is 10.3. The van der Waals surface area contributed by atoms with E-state index in [1.165, 1.54) is 11.8 Å². The minimum atomic E-state index is -0.541. The Labute approximate surface area is 206 Å². The van der Waals surface area contributed by atoms with E-state index in [2.05, 4.69) is 10.3 Å². The summed E-state index contributed by atoms with van der Waals surface area (Å²) in [4.78, 5) is 32.4. The molecule has 0 fully saturated rings. The molecule has 10 heteroatoms. The molecule has 8 nitrogen and oxygen atoms in total. The van der Waals surface area contributed by atoms with Gasteiger partial charge in [0.1, 0.15) is 12.4 Å². The number of nitrogens with one attached hydrogen (secondary N) is 1. The van der Waals surface area contributed by atoms with Crippen molar-refractivity contribution in [2.45, 2.75) is 25.9 Å². The molecule has 0 saturated heterocycles. The van der Waals surface area contributed by atoms with Crippen LogP contribution in [0.5, 0.6) is 0 Å². The van der Waals surface area contributed by atoms with Crippen molar-refractivity contribution in [2.24, 2.45) is 4.99 Å². The van der Waals surface area contributed by atoms with E-state index in [-0.39, 0.29) is 25.5 Å². The zero-order chi connectivity index (χ0) is 24.1. The van der Waals surface area contributed by atoms with Crippen molar-refractivity contribution in [3.05, 3.63) is 81.4 Å². The molecule has 0 bridgehead atoms. The number of amides is 1. The normalized spacial score (nSPS) is 17.3. The van der Waals surface area contributed by atoms with E-state index in [9.17, 15) is 9.59 Å². The molecule has 1 aromatic carbocycles. The first kappa shape index (κ1) is 24.1. The van der Waals surface area contributed by atoms with Crippen molar-refractivity contribution in [3.63, 3.8) is 0 Å². The third-order valence-corrected chi connectivity index (χ3v) is 6.41. The van der Waals surface area contributed by atoms with Gasteiger partial charge in [-0.2, -0.15) is 0 Å².